The highest BCUT2D eigenvalue weighted by atomic mass is 16.5. The topological polar surface area (TPSA) is 47.0 Å². The first-order valence-corrected chi connectivity index (χ1v) is 5.06. The highest BCUT2D eigenvalue weighted by Crippen LogP contribution is 2.19. The van der Waals surface area contributed by atoms with E-state index in [2.05, 4.69) is 36.1 Å². The SMILES string of the molecule is CNc1ncc(C)c(OCC(C)(C)C)n1. The van der Waals surface area contributed by atoms with Gasteiger partial charge in [0.25, 0.3) is 0 Å². The Morgan fingerprint density at radius 1 is 1.40 bits per heavy atom. The summed E-state index contributed by atoms with van der Waals surface area (Å²) in [5.41, 5.74) is 1.09. The number of hydrogen-bond acceptors (Lipinski definition) is 4. The van der Waals surface area contributed by atoms with Gasteiger partial charge >= 0.3 is 0 Å². The molecule has 0 atom stereocenters. The summed E-state index contributed by atoms with van der Waals surface area (Å²) < 4.78 is 5.65. The quantitative estimate of drug-likeness (QED) is 0.829. The van der Waals surface area contributed by atoms with Gasteiger partial charge in [0.15, 0.2) is 0 Å². The van der Waals surface area contributed by atoms with Crippen molar-refractivity contribution >= 4 is 5.95 Å². The molecular formula is C11H19N3O. The molecule has 0 aliphatic rings. The van der Waals surface area contributed by atoms with Gasteiger partial charge in [-0.25, -0.2) is 4.98 Å². The van der Waals surface area contributed by atoms with E-state index in [-0.39, 0.29) is 5.41 Å². The number of nitrogens with one attached hydrogen (secondary N) is 1. The zero-order valence-electron chi connectivity index (χ0n) is 10.1. The van der Waals surface area contributed by atoms with E-state index in [1.807, 2.05) is 6.92 Å². The second-order valence-electron chi connectivity index (χ2n) is 4.78. The molecule has 4 nitrogen and oxygen atoms in total. The van der Waals surface area contributed by atoms with E-state index in [4.69, 9.17) is 4.74 Å². The summed E-state index contributed by atoms with van der Waals surface area (Å²) in [6.07, 6.45) is 1.76. The number of rotatable bonds is 3. The van der Waals surface area contributed by atoms with Crippen molar-refractivity contribution < 1.29 is 4.74 Å². The molecular weight excluding hydrogens is 190 g/mol. The molecule has 0 bridgehead atoms. The maximum absolute atomic E-state index is 5.65. The number of nitrogens with zero attached hydrogens (tertiary/aromatic N) is 2. The van der Waals surface area contributed by atoms with Crippen LogP contribution >= 0.6 is 0 Å². The normalized spacial score (nSPS) is 11.3. The van der Waals surface area contributed by atoms with Crippen molar-refractivity contribution in [2.24, 2.45) is 5.41 Å². The van der Waals surface area contributed by atoms with E-state index in [0.717, 1.165) is 5.56 Å². The molecule has 1 heterocycles. The molecule has 0 fully saturated rings. The Balaban J connectivity index is 2.75. The highest BCUT2D eigenvalue weighted by Gasteiger charge is 2.13. The summed E-state index contributed by atoms with van der Waals surface area (Å²) in [6.45, 7) is 8.97. The molecule has 0 aliphatic carbocycles. The Hall–Kier alpha value is -1.32. The third-order valence-corrected chi connectivity index (χ3v) is 1.79. The van der Waals surface area contributed by atoms with Crippen molar-refractivity contribution in [2.75, 3.05) is 19.0 Å². The maximum Gasteiger partial charge on any atom is 0.225 e. The fraction of sp³-hybridized carbons (Fsp3) is 0.636. The summed E-state index contributed by atoms with van der Waals surface area (Å²) in [6, 6.07) is 0. The Morgan fingerprint density at radius 3 is 2.60 bits per heavy atom. The number of ether oxygens (including phenoxy) is 1. The van der Waals surface area contributed by atoms with Gasteiger partial charge in [-0.3, -0.25) is 0 Å². The van der Waals surface area contributed by atoms with E-state index < -0.39 is 0 Å². The Labute approximate surface area is 91.1 Å². The summed E-state index contributed by atoms with van der Waals surface area (Å²) in [5, 5.41) is 2.89. The van der Waals surface area contributed by atoms with Crippen LogP contribution in [0.15, 0.2) is 6.20 Å². The van der Waals surface area contributed by atoms with Gasteiger partial charge in [0.1, 0.15) is 0 Å². The van der Waals surface area contributed by atoms with E-state index >= 15 is 0 Å². The van der Waals surface area contributed by atoms with Crippen LogP contribution in [0.1, 0.15) is 26.3 Å². The Morgan fingerprint density at radius 2 is 2.07 bits per heavy atom. The van der Waals surface area contributed by atoms with Crippen molar-refractivity contribution in [3.63, 3.8) is 0 Å². The first-order chi connectivity index (χ1) is 6.92. The first kappa shape index (κ1) is 11.8. The molecule has 15 heavy (non-hydrogen) atoms. The molecule has 0 spiro atoms. The maximum atomic E-state index is 5.65. The first-order valence-electron chi connectivity index (χ1n) is 5.06. The van der Waals surface area contributed by atoms with Crippen molar-refractivity contribution in [1.29, 1.82) is 0 Å². The molecule has 0 amide bonds. The number of hydrogen-bond donors (Lipinski definition) is 1. The third kappa shape index (κ3) is 3.73. The molecule has 0 saturated heterocycles. The van der Waals surface area contributed by atoms with Crippen LogP contribution in [0.2, 0.25) is 0 Å². The number of anilines is 1. The predicted octanol–water partition coefficient (Wildman–Crippen LogP) is 2.25. The van der Waals surface area contributed by atoms with Crippen LogP contribution in [0.4, 0.5) is 5.95 Å². The molecule has 4 heteroatoms. The largest absolute Gasteiger partial charge is 0.477 e. The van der Waals surface area contributed by atoms with Crippen molar-refractivity contribution in [3.05, 3.63) is 11.8 Å². The van der Waals surface area contributed by atoms with Crippen LogP contribution in [0.5, 0.6) is 5.88 Å². The van der Waals surface area contributed by atoms with Crippen LogP contribution in [-0.4, -0.2) is 23.6 Å². The number of aryl methyl sites for hydroxylation is 1. The molecule has 0 aliphatic heterocycles. The molecule has 84 valence electrons. The zero-order valence-corrected chi connectivity index (χ0v) is 10.1. The van der Waals surface area contributed by atoms with Crippen molar-refractivity contribution in [1.82, 2.24) is 9.97 Å². The minimum Gasteiger partial charge on any atom is -0.477 e. The van der Waals surface area contributed by atoms with E-state index in [1.54, 1.807) is 13.2 Å². The molecule has 0 saturated carbocycles. The minimum atomic E-state index is 0.136. The second kappa shape index (κ2) is 4.47. The third-order valence-electron chi connectivity index (χ3n) is 1.79. The van der Waals surface area contributed by atoms with Gasteiger partial charge in [-0.15, -0.1) is 0 Å². The van der Waals surface area contributed by atoms with Crippen LogP contribution in [-0.2, 0) is 0 Å². The van der Waals surface area contributed by atoms with Gasteiger partial charge in [-0.05, 0) is 12.3 Å². The van der Waals surface area contributed by atoms with Gasteiger partial charge in [-0.1, -0.05) is 20.8 Å². The van der Waals surface area contributed by atoms with Crippen LogP contribution in [0.25, 0.3) is 0 Å². The average molecular weight is 209 g/mol. The Kier molecular flexibility index (Phi) is 3.50. The summed E-state index contributed by atoms with van der Waals surface area (Å²) in [4.78, 5) is 8.35. The van der Waals surface area contributed by atoms with Gasteiger partial charge in [0, 0.05) is 18.8 Å². The molecule has 1 N–H and O–H groups in total. The minimum absolute atomic E-state index is 0.136. The zero-order chi connectivity index (χ0) is 11.5. The van der Waals surface area contributed by atoms with Crippen LogP contribution in [0.3, 0.4) is 0 Å². The van der Waals surface area contributed by atoms with Crippen LogP contribution in [0, 0.1) is 12.3 Å². The van der Waals surface area contributed by atoms with E-state index in [9.17, 15) is 0 Å². The standard InChI is InChI=1S/C11H19N3O/c1-8-6-13-10(12-5)14-9(8)15-7-11(2,3)4/h6H,7H2,1-5H3,(H,12,13,14). The van der Waals surface area contributed by atoms with Crippen molar-refractivity contribution in [3.8, 4) is 5.88 Å². The lowest BCUT2D eigenvalue weighted by atomic mass is 9.99. The highest BCUT2D eigenvalue weighted by molar-refractivity contribution is 5.31. The smallest absolute Gasteiger partial charge is 0.225 e. The monoisotopic (exact) mass is 209 g/mol. The van der Waals surface area contributed by atoms with Crippen LogP contribution < -0.4 is 10.1 Å². The summed E-state index contributed by atoms with van der Waals surface area (Å²) in [7, 11) is 1.79. The average Bonchev–Trinajstić information content (AvgIpc) is 2.15. The van der Waals surface area contributed by atoms with E-state index in [0.29, 0.717) is 18.4 Å². The predicted molar refractivity (Wildman–Crippen MR) is 61.3 cm³/mol. The number of aromatic nitrogens is 2. The summed E-state index contributed by atoms with van der Waals surface area (Å²) >= 11 is 0. The van der Waals surface area contributed by atoms with Gasteiger partial charge in [0.2, 0.25) is 11.8 Å². The lowest BCUT2D eigenvalue weighted by molar-refractivity contribution is 0.190. The Bertz CT molecular complexity index is 331. The fourth-order valence-electron chi connectivity index (χ4n) is 0.978. The fourth-order valence-corrected chi connectivity index (χ4v) is 0.978. The molecule has 0 aromatic carbocycles. The van der Waals surface area contributed by atoms with Gasteiger partial charge < -0.3 is 10.1 Å². The lowest BCUT2D eigenvalue weighted by Gasteiger charge is -2.19. The van der Waals surface area contributed by atoms with E-state index in [1.165, 1.54) is 0 Å². The molecule has 0 radical (unpaired) electrons. The molecule has 0 unspecified atom stereocenters. The second-order valence-corrected chi connectivity index (χ2v) is 4.78. The van der Waals surface area contributed by atoms with Gasteiger partial charge in [-0.2, -0.15) is 4.98 Å². The molecule has 1 aromatic rings. The summed E-state index contributed by atoms with van der Waals surface area (Å²) in [5.74, 6) is 1.24. The lowest BCUT2D eigenvalue weighted by Crippen LogP contribution is -2.18. The molecule has 1 rings (SSSR count). The van der Waals surface area contributed by atoms with Crippen molar-refractivity contribution in [2.45, 2.75) is 27.7 Å². The molecule has 1 aromatic heterocycles. The van der Waals surface area contributed by atoms with Gasteiger partial charge in [0.05, 0.1) is 6.61 Å².